The van der Waals surface area contributed by atoms with Crippen molar-refractivity contribution in [1.82, 2.24) is 0 Å². The lowest BCUT2D eigenvalue weighted by molar-refractivity contribution is -0.118. The summed E-state index contributed by atoms with van der Waals surface area (Å²) in [5.41, 5.74) is 2.32. The van der Waals surface area contributed by atoms with E-state index >= 15 is 0 Å². The molecule has 4 rings (SSSR count). The van der Waals surface area contributed by atoms with Crippen molar-refractivity contribution in [2.45, 2.75) is 31.8 Å². The Kier molecular flexibility index (Phi) is 7.07. The molecule has 0 spiro atoms. The van der Waals surface area contributed by atoms with Gasteiger partial charge in [0.1, 0.15) is 5.78 Å². The van der Waals surface area contributed by atoms with E-state index in [2.05, 4.69) is 47.2 Å². The van der Waals surface area contributed by atoms with Crippen LogP contribution in [0, 0.1) is 0 Å². The van der Waals surface area contributed by atoms with E-state index in [-0.39, 0.29) is 27.8 Å². The van der Waals surface area contributed by atoms with Gasteiger partial charge in [0.25, 0.3) is 0 Å². The lowest BCUT2D eigenvalue weighted by atomic mass is 10.2. The lowest BCUT2D eigenvalue weighted by Gasteiger charge is -2.29. The van der Waals surface area contributed by atoms with E-state index in [0.29, 0.717) is 0 Å². The summed E-state index contributed by atoms with van der Waals surface area (Å²) >= 11 is -2.23. The number of carbonyl (C=O) groups excluding carboxylic acids is 1. The summed E-state index contributed by atoms with van der Waals surface area (Å²) in [5, 5.41) is 4.27. The van der Waals surface area contributed by atoms with Gasteiger partial charge in [0.2, 0.25) is 0 Å². The zero-order valence-corrected chi connectivity index (χ0v) is 20.4. The highest BCUT2D eigenvalue weighted by Gasteiger charge is 2.36. The first-order valence-electron chi connectivity index (χ1n) is 9.73. The minimum Gasteiger partial charge on any atom is -0.616 e. The molecule has 30 heavy (non-hydrogen) atoms. The molecule has 2 aliphatic heterocycles. The Morgan fingerprint density at radius 3 is 1.60 bits per heavy atom. The molecule has 0 bridgehead atoms. The molecule has 3 nitrogen and oxygen atoms in total. The van der Waals surface area contributed by atoms with Crippen molar-refractivity contribution in [3.8, 4) is 0 Å². The highest BCUT2D eigenvalue weighted by molar-refractivity contribution is 8.28. The maximum absolute atomic E-state index is 13.1. The van der Waals surface area contributed by atoms with Crippen LogP contribution in [0.25, 0.3) is 12.2 Å². The van der Waals surface area contributed by atoms with Crippen LogP contribution in [0.15, 0.2) is 69.1 Å². The second-order valence-corrected chi connectivity index (χ2v) is 15.7. The lowest BCUT2D eigenvalue weighted by Crippen LogP contribution is -2.27. The molecule has 7 heteroatoms. The molecule has 2 heterocycles. The first-order chi connectivity index (χ1) is 14.5. The van der Waals surface area contributed by atoms with Gasteiger partial charge in [0.15, 0.2) is 9.16 Å². The Morgan fingerprint density at radius 2 is 1.20 bits per heavy atom. The van der Waals surface area contributed by atoms with Gasteiger partial charge in [-0.15, -0.1) is 0 Å². The topological polar surface area (TPSA) is 63.2 Å². The van der Waals surface area contributed by atoms with Gasteiger partial charge in [0.05, 0.1) is 25.4 Å². The summed E-state index contributed by atoms with van der Waals surface area (Å²) in [6, 6.07) is 16.3. The number of ketones is 1. The molecule has 2 aliphatic rings. The van der Waals surface area contributed by atoms with Gasteiger partial charge < -0.3 is 9.11 Å². The van der Waals surface area contributed by atoms with E-state index < -0.39 is 44.1 Å². The first-order valence-corrected chi connectivity index (χ1v) is 15.9. The van der Waals surface area contributed by atoms with Crippen molar-refractivity contribution in [2.75, 3.05) is 12.5 Å². The van der Waals surface area contributed by atoms with Gasteiger partial charge in [-0.05, 0) is 68.6 Å². The summed E-state index contributed by atoms with van der Waals surface area (Å²) in [4.78, 5) is 15.5. The average molecular weight is 479 g/mol. The highest BCUT2D eigenvalue weighted by atomic mass is 32.3. The van der Waals surface area contributed by atoms with Gasteiger partial charge in [0, 0.05) is 9.79 Å². The molecule has 2 aromatic rings. The third-order valence-electron chi connectivity index (χ3n) is 5.45. The molecule has 160 valence electrons. The third-order valence-corrected chi connectivity index (χ3v) is 14.9. The largest absolute Gasteiger partial charge is 0.616 e. The quantitative estimate of drug-likeness (QED) is 0.422. The molecule has 0 fully saturated rings. The average Bonchev–Trinajstić information content (AvgIpc) is 3.34. The normalized spacial score (nSPS) is 25.3. The monoisotopic (exact) mass is 478 g/mol. The molecule has 0 aliphatic carbocycles. The predicted octanol–water partition coefficient (Wildman–Crippen LogP) is 4.83. The first kappa shape index (κ1) is 22.1. The summed E-state index contributed by atoms with van der Waals surface area (Å²) in [7, 11) is -1.55. The van der Waals surface area contributed by atoms with Crippen molar-refractivity contribution in [3.05, 3.63) is 70.5 Å². The summed E-state index contributed by atoms with van der Waals surface area (Å²) < 4.78 is 24.8. The Balaban J connectivity index is 1.49. The van der Waals surface area contributed by atoms with E-state index in [1.807, 2.05) is 24.3 Å². The predicted molar refractivity (Wildman–Crippen MR) is 135 cm³/mol. The summed E-state index contributed by atoms with van der Waals surface area (Å²) in [5.74, 6) is 0.0657. The number of Topliss-reactive ketones (excluding diaryl/α,β-unsaturated/α-hetero) is 1. The molecule has 0 aromatic heterocycles. The minimum absolute atomic E-state index is 0.0657. The number of rotatable bonds is 8. The standard InChI is InChI=1S/C23H26O3S4/c1-27(25)22(29-13-11-17-7-3-5-9-20(17)29)15-19(24)16-23(28(2)26)30-14-12-18-8-4-6-10-21(18)30/h3-14,22-23,29-30H,15-16H2,1-2H3. The Morgan fingerprint density at radius 1 is 0.800 bits per heavy atom. The van der Waals surface area contributed by atoms with E-state index in [1.54, 1.807) is 12.5 Å². The molecular weight excluding hydrogens is 453 g/mol. The van der Waals surface area contributed by atoms with Crippen LogP contribution < -0.4 is 0 Å². The van der Waals surface area contributed by atoms with Gasteiger partial charge in [-0.2, -0.15) is 21.8 Å². The molecule has 0 radical (unpaired) electrons. The molecule has 2 aromatic carbocycles. The molecule has 0 saturated heterocycles. The number of hydrogen-bond donors (Lipinski definition) is 2. The van der Waals surface area contributed by atoms with Crippen molar-refractivity contribution in [3.63, 3.8) is 0 Å². The van der Waals surface area contributed by atoms with E-state index in [0.717, 1.165) is 11.1 Å². The van der Waals surface area contributed by atoms with Crippen molar-refractivity contribution in [1.29, 1.82) is 0 Å². The van der Waals surface area contributed by atoms with Crippen molar-refractivity contribution in [2.24, 2.45) is 0 Å². The molecule has 0 saturated carbocycles. The maximum Gasteiger partial charge on any atom is 0.157 e. The zero-order valence-electron chi connectivity index (χ0n) is 16.9. The van der Waals surface area contributed by atoms with Crippen LogP contribution >= 0.6 is 21.8 Å². The number of benzene rings is 2. The number of hydrogen-bond acceptors (Lipinski definition) is 3. The van der Waals surface area contributed by atoms with Crippen LogP contribution in [-0.4, -0.2) is 36.6 Å². The van der Waals surface area contributed by atoms with E-state index in [4.69, 9.17) is 0 Å². The van der Waals surface area contributed by atoms with Crippen LogP contribution in [0.4, 0.5) is 0 Å². The smallest absolute Gasteiger partial charge is 0.157 e. The second kappa shape index (κ2) is 9.59. The molecule has 0 amide bonds. The SMILES string of the molecule is C[S+]([O-])C(CC(=O)CC([S+](C)[O-])[SH]1C=Cc2ccccc21)[SH]1C=Cc2ccccc21. The molecular formula is C23H26O3S4. The molecule has 0 N–H and O–H groups in total. The molecule has 6 unspecified atom stereocenters. The fourth-order valence-electron chi connectivity index (χ4n) is 3.94. The summed E-state index contributed by atoms with van der Waals surface area (Å²) in [6.45, 7) is 0. The van der Waals surface area contributed by atoms with Crippen molar-refractivity contribution < 1.29 is 13.9 Å². The van der Waals surface area contributed by atoms with E-state index in [1.165, 1.54) is 9.79 Å². The highest BCUT2D eigenvalue weighted by Crippen LogP contribution is 2.54. The molecule has 6 atom stereocenters. The number of thiol groups is 2. The summed E-state index contributed by atoms with van der Waals surface area (Å²) in [6.07, 6.45) is 8.11. The van der Waals surface area contributed by atoms with Crippen LogP contribution in [0.2, 0.25) is 0 Å². The van der Waals surface area contributed by atoms with Crippen LogP contribution in [-0.2, 0) is 27.1 Å². The Labute approximate surface area is 190 Å². The van der Waals surface area contributed by atoms with Crippen LogP contribution in [0.1, 0.15) is 24.0 Å². The van der Waals surface area contributed by atoms with E-state index in [9.17, 15) is 13.9 Å². The fraction of sp³-hybridized carbons (Fsp3) is 0.261. The fourth-order valence-corrected chi connectivity index (χ4v) is 12.6. The zero-order chi connectivity index (χ0) is 21.3. The van der Waals surface area contributed by atoms with Gasteiger partial charge in [-0.1, -0.05) is 36.4 Å². The van der Waals surface area contributed by atoms with Gasteiger partial charge in [-0.3, -0.25) is 4.79 Å². The number of carbonyl (C=O) groups is 1. The third kappa shape index (κ3) is 4.56. The Bertz CT molecular complexity index is 908. The second-order valence-electron chi connectivity index (χ2n) is 7.42. The van der Waals surface area contributed by atoms with Gasteiger partial charge in [-0.25, -0.2) is 0 Å². The van der Waals surface area contributed by atoms with Gasteiger partial charge >= 0.3 is 0 Å². The Hall–Kier alpha value is -1.09. The minimum atomic E-state index is -1.11. The van der Waals surface area contributed by atoms with Crippen LogP contribution in [0.5, 0.6) is 0 Å². The van der Waals surface area contributed by atoms with Crippen LogP contribution in [0.3, 0.4) is 0 Å². The number of fused-ring (bicyclic) bond motifs is 2. The maximum atomic E-state index is 13.1. The van der Waals surface area contributed by atoms with Crippen molar-refractivity contribution >= 4 is 62.1 Å².